The zero-order chi connectivity index (χ0) is 24.2. The smallest absolute Gasteiger partial charge is 0.398 e. The highest BCUT2D eigenvalue weighted by molar-refractivity contribution is 6.32. The zero-order valence-corrected chi connectivity index (χ0v) is 15.5. The maximum Gasteiger partial charge on any atom is 0.674 e. The molecule has 11 nitrogen and oxygen atoms in total. The summed E-state index contributed by atoms with van der Waals surface area (Å²) in [6.07, 6.45) is 5.42. The van der Waals surface area contributed by atoms with E-state index in [1.54, 1.807) is 6.08 Å². The minimum atomic E-state index is -2.67. The van der Waals surface area contributed by atoms with Gasteiger partial charge in [0.05, 0.1) is 0 Å². The maximum absolute atomic E-state index is 10.1. The van der Waals surface area contributed by atoms with E-state index in [4.69, 9.17) is 51.5 Å². The van der Waals surface area contributed by atoms with Gasteiger partial charge in [-0.1, -0.05) is 19.9 Å². The average molecular weight is 433 g/mol. The lowest BCUT2D eigenvalue weighted by Crippen LogP contribution is -2.26. The summed E-state index contributed by atoms with van der Waals surface area (Å²) in [7, 11) is -10.7. The molecule has 0 aliphatic heterocycles. The summed E-state index contributed by atoms with van der Waals surface area (Å²) >= 11 is 0. The number of hydrogen-bond acceptors (Lipinski definition) is 9. The van der Waals surface area contributed by atoms with Gasteiger partial charge in [-0.2, -0.15) is 4.79 Å². The lowest BCUT2D eigenvalue weighted by Gasteiger charge is -2.17. The van der Waals surface area contributed by atoms with Gasteiger partial charge in [-0.25, -0.2) is 0 Å². The fourth-order valence-electron chi connectivity index (χ4n) is 1.73. The van der Waals surface area contributed by atoms with Crippen LogP contribution in [0.15, 0.2) is 23.3 Å². The number of nitrogens with zero attached hydrogens (tertiary/aromatic N) is 2. The Balaban J connectivity index is -0.000000162. The van der Waals surface area contributed by atoms with Crippen LogP contribution in [-0.2, 0) is 0 Å². The van der Waals surface area contributed by atoms with E-state index in [0.29, 0.717) is 5.71 Å². The molecule has 166 valence electrons. The van der Waals surface area contributed by atoms with Crippen LogP contribution in [0.4, 0.5) is 17.3 Å². The standard InChI is InChI=1S/C10H15N3.4BFH2O2/c1-3-7-8(4-2)10(13-12)6-5-9(7)11;4*2-1(3)4/h5-6,9H,3-4,11H2,1-2H3;4*3-4H. The van der Waals surface area contributed by atoms with Crippen molar-refractivity contribution < 1.29 is 62.2 Å². The Morgan fingerprint density at radius 1 is 0.862 bits per heavy atom. The van der Waals surface area contributed by atoms with Crippen molar-refractivity contribution in [2.75, 3.05) is 0 Å². The first-order valence-corrected chi connectivity index (χ1v) is 7.56. The van der Waals surface area contributed by atoms with Gasteiger partial charge in [-0.3, -0.25) is 17.3 Å². The molecule has 1 aliphatic carbocycles. The van der Waals surface area contributed by atoms with Crippen LogP contribution in [0.25, 0.3) is 5.53 Å². The molecule has 0 aromatic heterocycles. The monoisotopic (exact) mass is 433 g/mol. The molecule has 1 atom stereocenters. The van der Waals surface area contributed by atoms with Gasteiger partial charge in [0, 0.05) is 17.7 Å². The molecule has 0 bridgehead atoms. The summed E-state index contributed by atoms with van der Waals surface area (Å²) in [5, 5.41) is 55.6. The van der Waals surface area contributed by atoms with E-state index in [-0.39, 0.29) is 6.04 Å². The highest BCUT2D eigenvalue weighted by atomic mass is 19.1. The van der Waals surface area contributed by atoms with Crippen molar-refractivity contribution in [1.82, 2.24) is 0 Å². The number of halogens is 4. The van der Waals surface area contributed by atoms with Crippen LogP contribution in [-0.4, -0.2) is 86.3 Å². The first kappa shape index (κ1) is 35.0. The summed E-state index contributed by atoms with van der Waals surface area (Å²) < 4.78 is 40.4. The largest absolute Gasteiger partial charge is 0.674 e. The third kappa shape index (κ3) is 34.4. The second-order valence-corrected chi connectivity index (χ2v) is 4.32. The maximum atomic E-state index is 10.1. The average Bonchev–Trinajstić information content (AvgIpc) is 2.52. The molecule has 10 N–H and O–H groups in total. The predicted molar refractivity (Wildman–Crippen MR) is 98.5 cm³/mol. The van der Waals surface area contributed by atoms with Crippen molar-refractivity contribution in [2.24, 2.45) is 5.73 Å². The quantitative estimate of drug-likeness (QED) is 0.0961. The van der Waals surface area contributed by atoms with Crippen molar-refractivity contribution in [2.45, 2.75) is 32.7 Å². The second-order valence-electron chi connectivity index (χ2n) is 4.32. The highest BCUT2D eigenvalue weighted by Gasteiger charge is 2.22. The van der Waals surface area contributed by atoms with Crippen molar-refractivity contribution in [1.29, 1.82) is 0 Å². The third-order valence-corrected chi connectivity index (χ3v) is 2.40. The van der Waals surface area contributed by atoms with Gasteiger partial charge in [-0.15, -0.1) is 0 Å². The van der Waals surface area contributed by atoms with E-state index in [2.05, 4.69) is 11.7 Å². The first-order valence-electron chi connectivity index (χ1n) is 7.56. The summed E-state index contributed by atoms with van der Waals surface area (Å²) in [5.74, 6) is 0. The van der Waals surface area contributed by atoms with Crippen LogP contribution in [0.3, 0.4) is 0 Å². The van der Waals surface area contributed by atoms with Gasteiger partial charge in [0.1, 0.15) is 0 Å². The van der Waals surface area contributed by atoms with Crippen LogP contribution >= 0.6 is 0 Å². The van der Waals surface area contributed by atoms with Gasteiger partial charge in [0.2, 0.25) is 0 Å². The van der Waals surface area contributed by atoms with Crippen LogP contribution in [0.1, 0.15) is 26.7 Å². The summed E-state index contributed by atoms with van der Waals surface area (Å²) in [4.78, 5) is 3.25. The lowest BCUT2D eigenvalue weighted by atomic mass is 9.89. The Morgan fingerprint density at radius 2 is 1.17 bits per heavy atom. The molecular formula is C10H23B4F4N3O8. The molecule has 0 fully saturated rings. The van der Waals surface area contributed by atoms with Gasteiger partial charge in [0.25, 0.3) is 0 Å². The van der Waals surface area contributed by atoms with Crippen molar-refractivity contribution in [3.8, 4) is 0 Å². The Kier molecular flexibility index (Phi) is 27.4. The molecule has 0 aromatic rings. The SMILES string of the molecule is CCC1=C(CC)C(N)C=CC1=[N+]=[N-].OB(O)F.OB(O)F.OB(O)F.OB(O)F. The van der Waals surface area contributed by atoms with Crippen molar-refractivity contribution in [3.05, 3.63) is 28.8 Å². The van der Waals surface area contributed by atoms with E-state index < -0.39 is 29.6 Å². The molecule has 1 rings (SSSR count). The normalized spacial score (nSPS) is 13.6. The zero-order valence-electron chi connectivity index (χ0n) is 15.5. The molecule has 0 radical (unpaired) electrons. The number of hydrogen-bond donors (Lipinski definition) is 9. The molecule has 0 heterocycles. The number of nitrogens with two attached hydrogens (primary N) is 1. The Hall–Kier alpha value is -1.52. The minimum absolute atomic E-state index is 0.00884. The van der Waals surface area contributed by atoms with Crippen LogP contribution < -0.4 is 5.73 Å². The van der Waals surface area contributed by atoms with E-state index >= 15 is 0 Å². The summed E-state index contributed by atoms with van der Waals surface area (Å²) in [5.41, 5.74) is 17.6. The minimum Gasteiger partial charge on any atom is -0.398 e. The summed E-state index contributed by atoms with van der Waals surface area (Å²) in [6.45, 7) is 4.11. The lowest BCUT2D eigenvalue weighted by molar-refractivity contribution is -0.00297. The number of rotatable bonds is 2. The second kappa shape index (κ2) is 22.8. The third-order valence-electron chi connectivity index (χ3n) is 2.40. The van der Waals surface area contributed by atoms with E-state index in [1.807, 2.05) is 13.0 Å². The van der Waals surface area contributed by atoms with E-state index in [9.17, 15) is 17.3 Å². The topological polar surface area (TPSA) is 224 Å². The molecule has 0 amide bonds. The first-order chi connectivity index (χ1) is 13.2. The van der Waals surface area contributed by atoms with Crippen molar-refractivity contribution >= 4 is 35.3 Å². The molecule has 19 heteroatoms. The van der Waals surface area contributed by atoms with Crippen LogP contribution in [0, 0.1) is 0 Å². The molecule has 0 spiro atoms. The van der Waals surface area contributed by atoms with Gasteiger partial charge in [-0.05, 0) is 18.4 Å². The molecule has 29 heavy (non-hydrogen) atoms. The number of allylic oxidation sites excluding steroid dienone is 2. The summed E-state index contributed by atoms with van der Waals surface area (Å²) in [6, 6.07) is -0.00884. The van der Waals surface area contributed by atoms with Gasteiger partial charge >= 0.3 is 35.3 Å². The highest BCUT2D eigenvalue weighted by Crippen LogP contribution is 2.21. The van der Waals surface area contributed by atoms with Gasteiger partial charge < -0.3 is 51.5 Å². The fourth-order valence-corrected chi connectivity index (χ4v) is 1.73. The molecule has 1 unspecified atom stereocenters. The van der Waals surface area contributed by atoms with Crippen LogP contribution in [0.5, 0.6) is 0 Å². The van der Waals surface area contributed by atoms with E-state index in [0.717, 1.165) is 18.4 Å². The Bertz CT molecular complexity index is 476. The Labute approximate surface area is 165 Å². The molecular weight excluding hydrogens is 409 g/mol. The Morgan fingerprint density at radius 3 is 1.38 bits per heavy atom. The molecule has 0 saturated heterocycles. The molecule has 0 aromatic carbocycles. The van der Waals surface area contributed by atoms with Crippen LogP contribution in [0.2, 0.25) is 0 Å². The van der Waals surface area contributed by atoms with E-state index in [1.165, 1.54) is 5.57 Å². The van der Waals surface area contributed by atoms with Gasteiger partial charge in [0.15, 0.2) is 0 Å². The predicted octanol–water partition coefficient (Wildman–Crippen LogP) is -2.63. The molecule has 1 aliphatic rings. The van der Waals surface area contributed by atoms with Crippen molar-refractivity contribution in [3.63, 3.8) is 0 Å². The fraction of sp³-hybridized carbons (Fsp3) is 0.500. The molecule has 0 saturated carbocycles.